The van der Waals surface area contributed by atoms with Crippen molar-refractivity contribution in [2.45, 2.75) is 25.7 Å². The highest BCUT2D eigenvalue weighted by atomic mass is 32.1. The number of hydrogen-bond donors (Lipinski definition) is 0. The van der Waals surface area contributed by atoms with Gasteiger partial charge in [-0.15, -0.1) is 11.3 Å². The molecule has 5 rings (SSSR count). The molecule has 1 aliphatic heterocycles. The Morgan fingerprint density at radius 2 is 1.69 bits per heavy atom. The van der Waals surface area contributed by atoms with E-state index in [1.807, 2.05) is 19.1 Å². The second-order valence-corrected chi connectivity index (χ2v) is 8.48. The first-order valence-corrected chi connectivity index (χ1v) is 10.8. The number of piperazine rings is 1. The summed E-state index contributed by atoms with van der Waals surface area (Å²) in [6.45, 7) is 5.18. The topological polar surface area (TPSA) is 75.1 Å². The van der Waals surface area contributed by atoms with E-state index in [-0.39, 0.29) is 11.7 Å². The van der Waals surface area contributed by atoms with Crippen LogP contribution in [0.15, 0.2) is 36.0 Å². The lowest BCUT2D eigenvalue weighted by Gasteiger charge is -2.35. The van der Waals surface area contributed by atoms with Crippen LogP contribution in [0.1, 0.15) is 39.0 Å². The first-order valence-electron chi connectivity index (χ1n) is 9.90. The molecular formula is C21H22N6OS. The molecule has 7 nitrogen and oxygen atoms in total. The van der Waals surface area contributed by atoms with Crippen LogP contribution in [0.25, 0.3) is 0 Å². The maximum absolute atomic E-state index is 12.8. The summed E-state index contributed by atoms with van der Waals surface area (Å²) in [6, 6.07) is 5.99. The van der Waals surface area contributed by atoms with Crippen molar-refractivity contribution in [3.63, 3.8) is 0 Å². The van der Waals surface area contributed by atoms with Crippen molar-refractivity contribution >= 4 is 29.0 Å². The van der Waals surface area contributed by atoms with Gasteiger partial charge in [0, 0.05) is 55.8 Å². The number of fused-ring (bicyclic) bond motifs is 1. The number of aryl methyl sites for hydroxylation is 1. The predicted molar refractivity (Wildman–Crippen MR) is 113 cm³/mol. The van der Waals surface area contributed by atoms with Crippen molar-refractivity contribution < 1.29 is 4.79 Å². The number of carbonyl (C=O) groups excluding carboxylic acids is 1. The number of anilines is 2. The highest BCUT2D eigenvalue weighted by molar-refractivity contribution is 7.10. The van der Waals surface area contributed by atoms with Crippen LogP contribution < -0.4 is 9.80 Å². The van der Waals surface area contributed by atoms with Gasteiger partial charge in [-0.3, -0.25) is 4.79 Å². The van der Waals surface area contributed by atoms with Gasteiger partial charge in [0.05, 0.1) is 17.0 Å². The van der Waals surface area contributed by atoms with Gasteiger partial charge in [-0.25, -0.2) is 19.9 Å². The van der Waals surface area contributed by atoms with Gasteiger partial charge in [-0.05, 0) is 30.9 Å². The summed E-state index contributed by atoms with van der Waals surface area (Å²) in [7, 11) is 0. The molecule has 29 heavy (non-hydrogen) atoms. The zero-order valence-corrected chi connectivity index (χ0v) is 17.1. The second-order valence-electron chi connectivity index (χ2n) is 7.50. The number of carbonyl (C=O) groups is 1. The summed E-state index contributed by atoms with van der Waals surface area (Å²) in [5.41, 5.74) is 2.43. The molecule has 8 heteroatoms. The van der Waals surface area contributed by atoms with Gasteiger partial charge in [0.2, 0.25) is 11.9 Å². The van der Waals surface area contributed by atoms with Crippen LogP contribution in [-0.4, -0.2) is 51.9 Å². The quantitative estimate of drug-likeness (QED) is 0.662. The summed E-state index contributed by atoms with van der Waals surface area (Å²) in [6.07, 6.45) is 4.89. The molecule has 0 radical (unpaired) electrons. The lowest BCUT2D eigenvalue weighted by atomic mass is 9.84. The van der Waals surface area contributed by atoms with Crippen LogP contribution in [0.5, 0.6) is 0 Å². The fourth-order valence-corrected chi connectivity index (χ4v) is 5.02. The van der Waals surface area contributed by atoms with Crippen LogP contribution >= 0.6 is 11.3 Å². The van der Waals surface area contributed by atoms with Crippen LogP contribution in [0, 0.1) is 6.92 Å². The number of thiophene rings is 1. The molecule has 1 fully saturated rings. The van der Waals surface area contributed by atoms with Crippen LogP contribution in [0.3, 0.4) is 0 Å². The van der Waals surface area contributed by atoms with Crippen molar-refractivity contribution in [1.29, 1.82) is 0 Å². The fourth-order valence-electron chi connectivity index (χ4n) is 4.19. The molecule has 1 unspecified atom stereocenters. The lowest BCUT2D eigenvalue weighted by Crippen LogP contribution is -2.48. The number of ketones is 1. The lowest BCUT2D eigenvalue weighted by molar-refractivity contribution is 0.0962. The van der Waals surface area contributed by atoms with Crippen LogP contribution in [-0.2, 0) is 6.42 Å². The molecule has 1 atom stereocenters. The Hall–Kier alpha value is -2.87. The van der Waals surface area contributed by atoms with Crippen LogP contribution in [0.2, 0.25) is 0 Å². The first-order chi connectivity index (χ1) is 14.2. The third-order valence-electron chi connectivity index (χ3n) is 5.65. The molecule has 0 amide bonds. The minimum Gasteiger partial charge on any atom is -0.337 e. The third kappa shape index (κ3) is 3.48. The molecule has 0 N–H and O–H groups in total. The van der Waals surface area contributed by atoms with E-state index in [2.05, 4.69) is 31.2 Å². The highest BCUT2D eigenvalue weighted by Gasteiger charge is 2.31. The van der Waals surface area contributed by atoms with Gasteiger partial charge in [0.25, 0.3) is 0 Å². The van der Waals surface area contributed by atoms with Crippen molar-refractivity contribution in [2.24, 2.45) is 0 Å². The Bertz CT molecular complexity index is 1020. The molecule has 0 bridgehead atoms. The van der Waals surface area contributed by atoms with Crippen LogP contribution in [0.4, 0.5) is 11.9 Å². The number of rotatable bonds is 3. The largest absolute Gasteiger partial charge is 0.337 e. The highest BCUT2D eigenvalue weighted by Crippen LogP contribution is 2.35. The molecular weight excluding hydrogens is 384 g/mol. The van der Waals surface area contributed by atoms with E-state index in [4.69, 9.17) is 9.97 Å². The Morgan fingerprint density at radius 3 is 2.38 bits per heavy atom. The molecule has 1 aliphatic carbocycles. The normalized spacial score (nSPS) is 19.3. The Morgan fingerprint density at radius 1 is 0.966 bits per heavy atom. The zero-order valence-electron chi connectivity index (χ0n) is 16.3. The standard InChI is InChI=1S/C21H22N6OS/c1-14-19-16(12-15(13-17(19)28)18-4-2-11-29-18)25-21(24-14)27-9-7-26(8-10-27)20-22-5-3-6-23-20/h2-6,11,15H,7-10,12-13H2,1H3. The second kappa shape index (κ2) is 7.51. The summed E-state index contributed by atoms with van der Waals surface area (Å²) in [5.74, 6) is 1.89. The number of hydrogen-bond acceptors (Lipinski definition) is 8. The zero-order chi connectivity index (χ0) is 19.8. The molecule has 148 valence electrons. The Balaban J connectivity index is 1.37. The maximum Gasteiger partial charge on any atom is 0.225 e. The number of Topliss-reactive ketones (excluding diaryl/α,β-unsaturated/α-hetero) is 1. The Kier molecular flexibility index (Phi) is 4.71. The molecule has 2 aliphatic rings. The van der Waals surface area contributed by atoms with Gasteiger partial charge in [-0.2, -0.15) is 0 Å². The van der Waals surface area contributed by atoms with E-state index in [1.54, 1.807) is 23.7 Å². The van der Waals surface area contributed by atoms with E-state index in [9.17, 15) is 4.79 Å². The number of aromatic nitrogens is 4. The van der Waals surface area contributed by atoms with E-state index >= 15 is 0 Å². The van der Waals surface area contributed by atoms with Gasteiger partial charge >= 0.3 is 0 Å². The smallest absolute Gasteiger partial charge is 0.225 e. The predicted octanol–water partition coefficient (Wildman–Crippen LogP) is 2.88. The Labute approximate surface area is 173 Å². The third-order valence-corrected chi connectivity index (χ3v) is 6.68. The minimum absolute atomic E-state index is 0.166. The van der Waals surface area contributed by atoms with Crippen molar-refractivity contribution in [3.8, 4) is 0 Å². The van der Waals surface area contributed by atoms with Gasteiger partial charge in [0.15, 0.2) is 5.78 Å². The maximum atomic E-state index is 12.8. The monoisotopic (exact) mass is 406 g/mol. The molecule has 0 spiro atoms. The molecule has 0 saturated carbocycles. The molecule has 1 saturated heterocycles. The first kappa shape index (κ1) is 18.2. The van der Waals surface area contributed by atoms with Gasteiger partial charge in [-0.1, -0.05) is 6.07 Å². The summed E-state index contributed by atoms with van der Waals surface area (Å²) in [5, 5.41) is 2.07. The number of nitrogens with zero attached hydrogens (tertiary/aromatic N) is 6. The van der Waals surface area contributed by atoms with E-state index in [1.165, 1.54) is 4.88 Å². The minimum atomic E-state index is 0.166. The molecule has 3 aromatic heterocycles. The SMILES string of the molecule is Cc1nc(N2CCN(c3ncccn3)CC2)nc2c1C(=O)CC(c1cccs1)C2. The molecule has 4 heterocycles. The van der Waals surface area contributed by atoms with E-state index in [0.717, 1.165) is 61.4 Å². The van der Waals surface area contributed by atoms with Gasteiger partial charge in [0.1, 0.15) is 0 Å². The summed E-state index contributed by atoms with van der Waals surface area (Å²) < 4.78 is 0. The summed E-state index contributed by atoms with van der Waals surface area (Å²) >= 11 is 1.72. The summed E-state index contributed by atoms with van der Waals surface area (Å²) in [4.78, 5) is 36.7. The average molecular weight is 407 g/mol. The van der Waals surface area contributed by atoms with Crippen molar-refractivity contribution in [3.05, 3.63) is 57.8 Å². The fraction of sp³-hybridized carbons (Fsp3) is 0.381. The van der Waals surface area contributed by atoms with Gasteiger partial charge < -0.3 is 9.80 Å². The molecule has 3 aromatic rings. The molecule has 0 aromatic carbocycles. The van der Waals surface area contributed by atoms with Crippen molar-refractivity contribution in [2.75, 3.05) is 36.0 Å². The van der Waals surface area contributed by atoms with Crippen molar-refractivity contribution in [1.82, 2.24) is 19.9 Å². The average Bonchev–Trinajstić information content (AvgIpc) is 3.29. The van der Waals surface area contributed by atoms with E-state index in [0.29, 0.717) is 6.42 Å². The van der Waals surface area contributed by atoms with E-state index < -0.39 is 0 Å².